The van der Waals surface area contributed by atoms with E-state index in [9.17, 15) is 9.59 Å². The van der Waals surface area contributed by atoms with E-state index in [1.54, 1.807) is 4.90 Å². The number of rotatable bonds is 2. The lowest BCUT2D eigenvalue weighted by Crippen LogP contribution is -2.37. The Balaban J connectivity index is 2.64. The molecule has 1 fully saturated rings. The average molecular weight is 169 g/mol. The minimum atomic E-state index is -0.0128. The molecule has 1 amide bonds. The Kier molecular flexibility index (Phi) is 2.50. The van der Waals surface area contributed by atoms with Crippen LogP contribution in [0.25, 0.3) is 0 Å². The second-order valence-corrected chi connectivity index (χ2v) is 3.72. The summed E-state index contributed by atoms with van der Waals surface area (Å²) in [5, 5.41) is 0. The van der Waals surface area contributed by atoms with E-state index in [1.165, 1.54) is 0 Å². The van der Waals surface area contributed by atoms with Crippen molar-refractivity contribution in [2.24, 2.45) is 5.92 Å². The topological polar surface area (TPSA) is 37.4 Å². The number of Topliss-reactive ketones (excluding diaryl/α,β-unsaturated/α-hetero) is 1. The first-order valence-electron chi connectivity index (χ1n) is 4.33. The molecular weight excluding hydrogens is 154 g/mol. The molecule has 0 N–H and O–H groups in total. The summed E-state index contributed by atoms with van der Waals surface area (Å²) in [5.74, 6) is 0.452. The first-order chi connectivity index (χ1) is 5.52. The van der Waals surface area contributed by atoms with Crippen molar-refractivity contribution in [3.63, 3.8) is 0 Å². The van der Waals surface area contributed by atoms with Gasteiger partial charge in [0.1, 0.15) is 0 Å². The molecule has 1 aliphatic rings. The maximum absolute atomic E-state index is 11.2. The molecule has 1 rings (SSSR count). The number of likely N-dealkylation sites (tertiary alicyclic amines) is 1. The van der Waals surface area contributed by atoms with Gasteiger partial charge in [-0.05, 0) is 12.8 Å². The number of carbonyl (C=O) groups excluding carboxylic acids is 2. The summed E-state index contributed by atoms with van der Waals surface area (Å²) < 4.78 is 0. The Morgan fingerprint density at radius 1 is 1.25 bits per heavy atom. The smallest absolute Gasteiger partial charge is 0.230 e. The molecule has 0 aliphatic carbocycles. The van der Waals surface area contributed by atoms with Gasteiger partial charge in [-0.25, -0.2) is 0 Å². The van der Waals surface area contributed by atoms with Crippen LogP contribution in [-0.4, -0.2) is 29.2 Å². The number of hydrogen-bond acceptors (Lipinski definition) is 2. The Hall–Kier alpha value is -0.860. The van der Waals surface area contributed by atoms with Gasteiger partial charge >= 0.3 is 0 Å². The van der Waals surface area contributed by atoms with Crippen LogP contribution in [0.4, 0.5) is 0 Å². The molecule has 0 radical (unpaired) electrons. The zero-order chi connectivity index (χ0) is 9.30. The number of nitrogens with zero attached hydrogens (tertiary/aromatic N) is 1. The minimum Gasteiger partial charge on any atom is -0.332 e. The van der Waals surface area contributed by atoms with E-state index in [1.807, 2.05) is 6.92 Å². The van der Waals surface area contributed by atoms with Crippen molar-refractivity contribution in [2.75, 3.05) is 6.54 Å². The number of hydrogen-bond donors (Lipinski definition) is 0. The summed E-state index contributed by atoms with van der Waals surface area (Å²) in [7, 11) is 0. The van der Waals surface area contributed by atoms with Gasteiger partial charge in [0.25, 0.3) is 0 Å². The quantitative estimate of drug-likeness (QED) is 0.574. The lowest BCUT2D eigenvalue weighted by Gasteiger charge is -2.26. The molecule has 12 heavy (non-hydrogen) atoms. The molecule has 0 aromatic carbocycles. The number of carbonyl (C=O) groups is 2. The van der Waals surface area contributed by atoms with Crippen molar-refractivity contribution in [2.45, 2.75) is 33.2 Å². The van der Waals surface area contributed by atoms with Crippen molar-refractivity contribution in [3.8, 4) is 0 Å². The number of amides is 1. The largest absolute Gasteiger partial charge is 0.332 e. The SMILES string of the molecule is CC(C)C(C)N1CC(=O)CC1=O. The fraction of sp³-hybridized carbons (Fsp3) is 0.778. The summed E-state index contributed by atoms with van der Waals surface area (Å²) in [5.41, 5.74) is 0. The summed E-state index contributed by atoms with van der Waals surface area (Å²) in [4.78, 5) is 23.8. The fourth-order valence-corrected chi connectivity index (χ4v) is 1.34. The van der Waals surface area contributed by atoms with Crippen LogP contribution in [0.1, 0.15) is 27.2 Å². The van der Waals surface area contributed by atoms with Crippen LogP contribution in [0.3, 0.4) is 0 Å². The van der Waals surface area contributed by atoms with Gasteiger partial charge in [-0.2, -0.15) is 0 Å². The maximum atomic E-state index is 11.2. The summed E-state index contributed by atoms with van der Waals surface area (Å²) >= 11 is 0. The van der Waals surface area contributed by atoms with E-state index in [4.69, 9.17) is 0 Å². The van der Waals surface area contributed by atoms with E-state index in [0.29, 0.717) is 12.5 Å². The monoisotopic (exact) mass is 169 g/mol. The summed E-state index contributed by atoms with van der Waals surface area (Å²) in [6.07, 6.45) is 0.108. The van der Waals surface area contributed by atoms with Crippen molar-refractivity contribution in [1.29, 1.82) is 0 Å². The Morgan fingerprint density at radius 3 is 2.17 bits per heavy atom. The van der Waals surface area contributed by atoms with Crippen LogP contribution in [0, 0.1) is 5.92 Å². The van der Waals surface area contributed by atoms with Crippen LogP contribution in [0.5, 0.6) is 0 Å². The molecule has 1 aliphatic heterocycles. The van der Waals surface area contributed by atoms with Crippen LogP contribution in [0.2, 0.25) is 0 Å². The molecular formula is C9H15NO2. The zero-order valence-electron chi connectivity index (χ0n) is 7.83. The average Bonchev–Trinajstić information content (AvgIpc) is 2.28. The minimum absolute atomic E-state index is 0.0128. The Labute approximate surface area is 72.7 Å². The van der Waals surface area contributed by atoms with E-state index >= 15 is 0 Å². The lowest BCUT2D eigenvalue weighted by atomic mass is 10.1. The molecule has 1 heterocycles. The van der Waals surface area contributed by atoms with Crippen LogP contribution in [0.15, 0.2) is 0 Å². The molecule has 3 nitrogen and oxygen atoms in total. The second kappa shape index (κ2) is 3.25. The van der Waals surface area contributed by atoms with Crippen molar-refractivity contribution in [3.05, 3.63) is 0 Å². The standard InChI is InChI=1S/C9H15NO2/c1-6(2)7(3)10-5-8(11)4-9(10)12/h6-7H,4-5H2,1-3H3. The van der Waals surface area contributed by atoms with Crippen molar-refractivity contribution < 1.29 is 9.59 Å². The lowest BCUT2D eigenvalue weighted by molar-refractivity contribution is -0.130. The van der Waals surface area contributed by atoms with E-state index in [-0.39, 0.29) is 24.2 Å². The molecule has 3 heteroatoms. The molecule has 0 aromatic rings. The molecule has 0 spiro atoms. The highest BCUT2D eigenvalue weighted by Gasteiger charge is 2.31. The van der Waals surface area contributed by atoms with Crippen molar-refractivity contribution in [1.82, 2.24) is 4.90 Å². The van der Waals surface area contributed by atoms with Gasteiger partial charge in [-0.1, -0.05) is 13.8 Å². The number of ketones is 1. The van der Waals surface area contributed by atoms with Crippen LogP contribution in [-0.2, 0) is 9.59 Å². The molecule has 1 unspecified atom stereocenters. The highest BCUT2D eigenvalue weighted by atomic mass is 16.2. The van der Waals surface area contributed by atoms with Crippen LogP contribution >= 0.6 is 0 Å². The Bertz CT molecular complexity index is 211. The van der Waals surface area contributed by atoms with Crippen molar-refractivity contribution >= 4 is 11.7 Å². The molecule has 0 bridgehead atoms. The van der Waals surface area contributed by atoms with Gasteiger partial charge < -0.3 is 4.90 Å². The first-order valence-corrected chi connectivity index (χ1v) is 4.33. The van der Waals surface area contributed by atoms with Gasteiger partial charge in [0.2, 0.25) is 5.91 Å². The van der Waals surface area contributed by atoms with Gasteiger partial charge in [0.15, 0.2) is 5.78 Å². The first kappa shape index (κ1) is 9.23. The van der Waals surface area contributed by atoms with Gasteiger partial charge in [0.05, 0.1) is 13.0 Å². The molecule has 0 saturated carbocycles. The maximum Gasteiger partial charge on any atom is 0.230 e. The highest BCUT2D eigenvalue weighted by molar-refractivity contribution is 6.05. The van der Waals surface area contributed by atoms with Gasteiger partial charge in [0, 0.05) is 6.04 Å². The molecule has 1 saturated heterocycles. The highest BCUT2D eigenvalue weighted by Crippen LogP contribution is 2.16. The van der Waals surface area contributed by atoms with Gasteiger partial charge in [-0.3, -0.25) is 9.59 Å². The predicted molar refractivity (Wildman–Crippen MR) is 45.6 cm³/mol. The van der Waals surface area contributed by atoms with E-state index < -0.39 is 0 Å². The van der Waals surface area contributed by atoms with E-state index in [2.05, 4.69) is 13.8 Å². The third-order valence-corrected chi connectivity index (χ3v) is 2.47. The zero-order valence-corrected chi connectivity index (χ0v) is 7.83. The fourth-order valence-electron chi connectivity index (χ4n) is 1.34. The second-order valence-electron chi connectivity index (χ2n) is 3.72. The van der Waals surface area contributed by atoms with Gasteiger partial charge in [-0.15, -0.1) is 0 Å². The molecule has 0 aromatic heterocycles. The Morgan fingerprint density at radius 2 is 1.83 bits per heavy atom. The normalized spacial score (nSPS) is 20.8. The molecule has 68 valence electrons. The summed E-state index contributed by atoms with van der Waals surface area (Å²) in [6.45, 7) is 6.42. The van der Waals surface area contributed by atoms with E-state index in [0.717, 1.165) is 0 Å². The van der Waals surface area contributed by atoms with Crippen LogP contribution < -0.4 is 0 Å². The predicted octanol–water partition coefficient (Wildman–Crippen LogP) is 0.832. The molecule has 1 atom stereocenters. The third-order valence-electron chi connectivity index (χ3n) is 2.47. The third kappa shape index (κ3) is 1.65. The summed E-state index contributed by atoms with van der Waals surface area (Å²) in [6, 6.07) is 0.184.